The van der Waals surface area contributed by atoms with E-state index in [4.69, 9.17) is 11.1 Å². The van der Waals surface area contributed by atoms with E-state index in [1.807, 2.05) is 0 Å². The van der Waals surface area contributed by atoms with Crippen LogP contribution in [0.1, 0.15) is 12.1 Å². The van der Waals surface area contributed by atoms with Crippen molar-refractivity contribution in [3.8, 4) is 0 Å². The fraction of sp³-hybridized carbons (Fsp3) is 0.308. The molecule has 2 heterocycles. The molecule has 0 aromatic carbocycles. The molecular formula is C13H12F5N5. The predicted molar refractivity (Wildman–Crippen MR) is 73.2 cm³/mol. The van der Waals surface area contributed by atoms with Crippen LogP contribution in [0.2, 0.25) is 0 Å². The van der Waals surface area contributed by atoms with Gasteiger partial charge >= 0.3 is 11.8 Å². The summed E-state index contributed by atoms with van der Waals surface area (Å²) in [7, 11) is 0. The number of aryl methyl sites for hydroxylation is 1. The van der Waals surface area contributed by atoms with Gasteiger partial charge in [-0.2, -0.15) is 22.7 Å². The topological polar surface area (TPSA) is 80.6 Å². The van der Waals surface area contributed by atoms with Crippen LogP contribution in [0.25, 0.3) is 11.0 Å². The van der Waals surface area contributed by atoms with Gasteiger partial charge in [-0.1, -0.05) is 6.58 Å². The Kier molecular flexibility index (Phi) is 4.10. The van der Waals surface area contributed by atoms with Crippen LogP contribution in [0, 0.1) is 11.2 Å². The van der Waals surface area contributed by atoms with Crippen LogP contribution in [0.15, 0.2) is 24.9 Å². The molecule has 10 heteroatoms. The normalized spacial score (nSPS) is 12.6. The molecule has 0 bridgehead atoms. The van der Waals surface area contributed by atoms with E-state index in [0.717, 1.165) is 16.9 Å². The number of nitrogens with one attached hydrogen (secondary N) is 1. The number of nitrogens with zero attached hydrogens (tertiary/aromatic N) is 3. The number of rotatable bonds is 6. The summed E-state index contributed by atoms with van der Waals surface area (Å²) in [4.78, 5) is 3.69. The molecule has 2 aromatic rings. The van der Waals surface area contributed by atoms with Crippen LogP contribution in [0.5, 0.6) is 0 Å². The number of hydrogen-bond donors (Lipinski definition) is 2. The summed E-state index contributed by atoms with van der Waals surface area (Å²) in [5.74, 6) is -9.98. The number of allylic oxidation sites excluding steroid dienone is 1. The number of pyridine rings is 1. The van der Waals surface area contributed by atoms with Crippen LogP contribution >= 0.6 is 0 Å². The van der Waals surface area contributed by atoms with Crippen LogP contribution in [0.4, 0.5) is 22.0 Å². The highest BCUT2D eigenvalue weighted by atomic mass is 19.3. The first-order valence-electron chi connectivity index (χ1n) is 6.35. The number of aromatic nitrogens is 3. The lowest BCUT2D eigenvalue weighted by atomic mass is 10.1. The maximum atomic E-state index is 13.5. The summed E-state index contributed by atoms with van der Waals surface area (Å²) in [5.41, 5.74) is 5.10. The molecule has 124 valence electrons. The van der Waals surface area contributed by atoms with Crippen LogP contribution < -0.4 is 5.73 Å². The van der Waals surface area contributed by atoms with Gasteiger partial charge in [0.2, 0.25) is 0 Å². The Morgan fingerprint density at radius 3 is 2.61 bits per heavy atom. The molecule has 0 unspecified atom stereocenters. The SMILES string of the molecule is C=CC(F)(F)C(F)(F)CCn1nc(C(=N)N)c2cc(F)cnc21. The predicted octanol–water partition coefficient (Wildman–Crippen LogP) is 2.70. The van der Waals surface area contributed by atoms with Crippen LogP contribution in [0.3, 0.4) is 0 Å². The molecular weight excluding hydrogens is 321 g/mol. The van der Waals surface area contributed by atoms with Crippen LogP contribution in [-0.2, 0) is 6.54 Å². The summed E-state index contributed by atoms with van der Waals surface area (Å²) in [6.07, 6.45) is -0.553. The lowest BCUT2D eigenvalue weighted by Crippen LogP contribution is -2.39. The molecule has 0 saturated carbocycles. The van der Waals surface area contributed by atoms with Gasteiger partial charge in [0.05, 0.1) is 11.6 Å². The first-order valence-corrected chi connectivity index (χ1v) is 6.35. The Morgan fingerprint density at radius 2 is 2.04 bits per heavy atom. The van der Waals surface area contributed by atoms with Crippen molar-refractivity contribution in [3.63, 3.8) is 0 Å². The Balaban J connectivity index is 2.38. The number of amidine groups is 1. The Bertz CT molecular complexity index is 767. The largest absolute Gasteiger partial charge is 0.382 e. The molecule has 2 rings (SSSR count). The van der Waals surface area contributed by atoms with Gasteiger partial charge < -0.3 is 5.73 Å². The van der Waals surface area contributed by atoms with E-state index in [1.165, 1.54) is 0 Å². The molecule has 23 heavy (non-hydrogen) atoms. The number of alkyl halides is 4. The smallest absolute Gasteiger partial charge is 0.328 e. The molecule has 0 spiro atoms. The summed E-state index contributed by atoms with van der Waals surface area (Å²) in [6.45, 7) is 2.06. The first-order chi connectivity index (χ1) is 10.6. The van der Waals surface area contributed by atoms with Gasteiger partial charge in [0.1, 0.15) is 17.3 Å². The summed E-state index contributed by atoms with van der Waals surface area (Å²) in [5, 5.41) is 11.2. The summed E-state index contributed by atoms with van der Waals surface area (Å²) < 4.78 is 67.4. The van der Waals surface area contributed by atoms with E-state index in [-0.39, 0.29) is 22.8 Å². The number of hydrogen-bond acceptors (Lipinski definition) is 3. The van der Waals surface area contributed by atoms with Crippen molar-refractivity contribution in [1.82, 2.24) is 14.8 Å². The maximum Gasteiger partial charge on any atom is 0.328 e. The van der Waals surface area contributed by atoms with E-state index in [0.29, 0.717) is 0 Å². The second-order valence-corrected chi connectivity index (χ2v) is 4.79. The van der Waals surface area contributed by atoms with Crippen molar-refractivity contribution >= 4 is 16.9 Å². The molecule has 0 radical (unpaired) electrons. The van der Waals surface area contributed by atoms with Crippen molar-refractivity contribution in [1.29, 1.82) is 5.41 Å². The van der Waals surface area contributed by atoms with E-state index in [9.17, 15) is 22.0 Å². The van der Waals surface area contributed by atoms with E-state index >= 15 is 0 Å². The van der Waals surface area contributed by atoms with E-state index in [1.54, 1.807) is 0 Å². The standard InChI is InChI=1S/C13H12F5N5/c1-2-12(15,16)13(17,18)3-4-23-11-8(5-7(14)6-21-11)9(22-23)10(19)20/h2,5-6H,1,3-4H2,(H3,19,20). The average Bonchev–Trinajstić information content (AvgIpc) is 2.83. The third-order valence-corrected chi connectivity index (χ3v) is 3.19. The maximum absolute atomic E-state index is 13.5. The van der Waals surface area contributed by atoms with Crippen molar-refractivity contribution < 1.29 is 22.0 Å². The molecule has 0 aliphatic carbocycles. The molecule has 0 saturated heterocycles. The van der Waals surface area contributed by atoms with E-state index in [2.05, 4.69) is 16.7 Å². The van der Waals surface area contributed by atoms with Gasteiger partial charge in [0, 0.05) is 13.0 Å². The molecule has 0 fully saturated rings. The zero-order valence-corrected chi connectivity index (χ0v) is 11.7. The minimum atomic E-state index is -4.38. The van der Waals surface area contributed by atoms with E-state index < -0.39 is 36.5 Å². The highest BCUT2D eigenvalue weighted by Gasteiger charge is 2.53. The van der Waals surface area contributed by atoms with Crippen molar-refractivity contribution in [2.45, 2.75) is 24.8 Å². The quantitative estimate of drug-likeness (QED) is 0.369. The van der Waals surface area contributed by atoms with Crippen LogP contribution in [-0.4, -0.2) is 32.4 Å². The second kappa shape index (κ2) is 5.60. The average molecular weight is 333 g/mol. The monoisotopic (exact) mass is 333 g/mol. The number of nitrogens with two attached hydrogens (primary N) is 1. The van der Waals surface area contributed by atoms with Gasteiger partial charge in [-0.05, 0) is 12.1 Å². The molecule has 0 aliphatic rings. The fourth-order valence-corrected chi connectivity index (χ4v) is 1.95. The summed E-state index contributed by atoms with van der Waals surface area (Å²) in [6, 6.07) is 0.985. The van der Waals surface area contributed by atoms with Gasteiger partial charge in [0.15, 0.2) is 5.65 Å². The molecule has 0 atom stereocenters. The molecule has 2 aromatic heterocycles. The highest BCUT2D eigenvalue weighted by Crippen LogP contribution is 2.38. The Hall–Kier alpha value is -2.52. The molecule has 0 aliphatic heterocycles. The van der Waals surface area contributed by atoms with Gasteiger partial charge in [-0.15, -0.1) is 0 Å². The minimum absolute atomic E-state index is 0.0330. The molecule has 5 nitrogen and oxygen atoms in total. The fourth-order valence-electron chi connectivity index (χ4n) is 1.95. The third-order valence-electron chi connectivity index (χ3n) is 3.19. The zero-order chi connectivity index (χ0) is 17.4. The summed E-state index contributed by atoms with van der Waals surface area (Å²) >= 11 is 0. The lowest BCUT2D eigenvalue weighted by molar-refractivity contribution is -0.184. The van der Waals surface area contributed by atoms with Gasteiger partial charge in [0.25, 0.3) is 0 Å². The second-order valence-electron chi connectivity index (χ2n) is 4.79. The zero-order valence-electron chi connectivity index (χ0n) is 11.7. The third kappa shape index (κ3) is 3.01. The number of halogens is 5. The molecule has 3 N–H and O–H groups in total. The Morgan fingerprint density at radius 1 is 1.39 bits per heavy atom. The number of nitrogen functional groups attached to an aromatic ring is 1. The van der Waals surface area contributed by atoms with Crippen molar-refractivity contribution in [2.75, 3.05) is 0 Å². The van der Waals surface area contributed by atoms with Gasteiger partial charge in [-0.25, -0.2) is 14.1 Å². The highest BCUT2D eigenvalue weighted by molar-refractivity contribution is 6.04. The molecule has 0 amide bonds. The Labute approximate surface area is 127 Å². The van der Waals surface area contributed by atoms with Crippen molar-refractivity contribution in [2.24, 2.45) is 5.73 Å². The first kappa shape index (κ1) is 16.8. The lowest BCUT2D eigenvalue weighted by Gasteiger charge is -2.23. The van der Waals surface area contributed by atoms with Gasteiger partial charge in [-0.3, -0.25) is 5.41 Å². The minimum Gasteiger partial charge on any atom is -0.382 e. The number of fused-ring (bicyclic) bond motifs is 1. The van der Waals surface area contributed by atoms with Crippen molar-refractivity contribution in [3.05, 3.63) is 36.4 Å².